The molecule has 0 spiro atoms. The van der Waals surface area contributed by atoms with E-state index in [0.29, 0.717) is 5.78 Å². The summed E-state index contributed by atoms with van der Waals surface area (Å²) in [6.45, 7) is 1.96. The van der Waals surface area contributed by atoms with Crippen LogP contribution in [0.5, 0.6) is 0 Å². The molecule has 0 radical (unpaired) electrons. The fourth-order valence-corrected chi connectivity index (χ4v) is 1.57. The van der Waals surface area contributed by atoms with Gasteiger partial charge >= 0.3 is 0 Å². The SMILES string of the molecule is Cc1c(-c2ccccn2)nc2[n-]cnn12. The fraction of sp³-hybridized carbons (Fsp3) is 0.100. The quantitative estimate of drug-likeness (QED) is 0.586. The molecule has 0 bridgehead atoms. The molecule has 0 amide bonds. The van der Waals surface area contributed by atoms with Gasteiger partial charge in [0.25, 0.3) is 0 Å². The first kappa shape index (κ1) is 8.16. The average molecular weight is 198 g/mol. The molecule has 15 heavy (non-hydrogen) atoms. The van der Waals surface area contributed by atoms with Crippen molar-refractivity contribution < 1.29 is 0 Å². The number of aryl methyl sites for hydroxylation is 1. The average Bonchev–Trinajstić information content (AvgIpc) is 2.83. The molecule has 0 saturated carbocycles. The lowest BCUT2D eigenvalue weighted by molar-refractivity contribution is 0.931. The van der Waals surface area contributed by atoms with Gasteiger partial charge in [0.2, 0.25) is 0 Å². The Morgan fingerprint density at radius 2 is 2.27 bits per heavy atom. The van der Waals surface area contributed by atoms with Gasteiger partial charge in [0.1, 0.15) is 0 Å². The van der Waals surface area contributed by atoms with Crippen LogP contribution in [-0.2, 0) is 0 Å². The number of hydrogen-bond donors (Lipinski definition) is 0. The molecule has 5 nitrogen and oxygen atoms in total. The third kappa shape index (κ3) is 1.13. The Balaban J connectivity index is 2.27. The fourth-order valence-electron chi connectivity index (χ4n) is 1.57. The van der Waals surface area contributed by atoms with Gasteiger partial charge < -0.3 is 19.6 Å². The highest BCUT2D eigenvalue weighted by Gasteiger charge is 2.05. The summed E-state index contributed by atoms with van der Waals surface area (Å²) in [4.78, 5) is 12.7. The van der Waals surface area contributed by atoms with E-state index in [1.54, 1.807) is 10.7 Å². The van der Waals surface area contributed by atoms with Crippen LogP contribution < -0.4 is 4.98 Å². The molecule has 3 aromatic rings. The molecule has 0 unspecified atom stereocenters. The maximum Gasteiger partial charge on any atom is 0.0848 e. The van der Waals surface area contributed by atoms with Crippen LogP contribution in [0.3, 0.4) is 0 Å². The Bertz CT molecular complexity index is 593. The van der Waals surface area contributed by atoms with Crippen molar-refractivity contribution in [3.05, 3.63) is 36.4 Å². The second-order valence-corrected chi connectivity index (χ2v) is 3.23. The van der Waals surface area contributed by atoms with E-state index >= 15 is 0 Å². The lowest BCUT2D eigenvalue weighted by atomic mass is 10.2. The summed E-state index contributed by atoms with van der Waals surface area (Å²) in [5.74, 6) is 0.619. The van der Waals surface area contributed by atoms with Crippen molar-refractivity contribution in [1.29, 1.82) is 0 Å². The van der Waals surface area contributed by atoms with Crippen molar-refractivity contribution in [3.8, 4) is 11.4 Å². The lowest BCUT2D eigenvalue weighted by Gasteiger charge is -2.00. The number of hydrogen-bond acceptors (Lipinski definition) is 3. The Morgan fingerprint density at radius 3 is 3.00 bits per heavy atom. The predicted octanol–water partition coefficient (Wildman–Crippen LogP) is 1.06. The molecule has 3 aromatic heterocycles. The number of imidazole rings is 1. The highest BCUT2D eigenvalue weighted by atomic mass is 15.3. The first-order valence-electron chi connectivity index (χ1n) is 4.60. The summed E-state index contributed by atoms with van der Waals surface area (Å²) in [7, 11) is 0. The van der Waals surface area contributed by atoms with Crippen LogP contribution in [-0.4, -0.2) is 19.6 Å². The largest absolute Gasteiger partial charge is 0.322 e. The van der Waals surface area contributed by atoms with Gasteiger partial charge in [-0.3, -0.25) is 4.98 Å². The molecule has 3 rings (SSSR count). The summed E-state index contributed by atoms with van der Waals surface area (Å²) in [6, 6.07) is 5.74. The van der Waals surface area contributed by atoms with Crippen molar-refractivity contribution in [2.75, 3.05) is 0 Å². The molecule has 5 heteroatoms. The minimum Gasteiger partial charge on any atom is -0.322 e. The van der Waals surface area contributed by atoms with E-state index in [1.807, 2.05) is 25.1 Å². The Morgan fingerprint density at radius 1 is 1.33 bits per heavy atom. The van der Waals surface area contributed by atoms with E-state index < -0.39 is 0 Å². The monoisotopic (exact) mass is 198 g/mol. The second-order valence-electron chi connectivity index (χ2n) is 3.23. The topological polar surface area (TPSA) is 57.2 Å². The van der Waals surface area contributed by atoms with Crippen molar-refractivity contribution >= 4 is 5.78 Å². The van der Waals surface area contributed by atoms with Crippen LogP contribution in [0.1, 0.15) is 5.69 Å². The summed E-state index contributed by atoms with van der Waals surface area (Å²) in [5, 5.41) is 4.08. The first-order valence-corrected chi connectivity index (χ1v) is 4.60. The minimum absolute atomic E-state index is 0.619. The molecule has 0 N–H and O–H groups in total. The first-order chi connectivity index (χ1) is 7.36. The number of aromatic nitrogens is 5. The maximum absolute atomic E-state index is 4.37. The van der Waals surface area contributed by atoms with Crippen molar-refractivity contribution in [3.63, 3.8) is 0 Å². The molecule has 0 aliphatic rings. The molecular formula is C10H8N5-. The van der Waals surface area contributed by atoms with Crippen LogP contribution in [0.25, 0.3) is 17.2 Å². The predicted molar refractivity (Wildman–Crippen MR) is 54.3 cm³/mol. The van der Waals surface area contributed by atoms with Gasteiger partial charge in [-0.25, -0.2) is 0 Å². The molecule has 0 aliphatic heterocycles. The zero-order chi connectivity index (χ0) is 10.3. The van der Waals surface area contributed by atoms with Gasteiger partial charge in [-0.15, -0.1) is 0 Å². The van der Waals surface area contributed by atoms with Crippen LogP contribution >= 0.6 is 0 Å². The molecule has 0 atom stereocenters. The lowest BCUT2D eigenvalue weighted by Crippen LogP contribution is -1.88. The number of rotatable bonds is 1. The standard InChI is InChI=1S/C10H8N5/c1-7-9(8-4-2-3-5-11-8)14-10-12-6-13-15(7)10/h2-6H,1H3/q-1. The zero-order valence-electron chi connectivity index (χ0n) is 8.12. The van der Waals surface area contributed by atoms with Crippen LogP contribution in [0.15, 0.2) is 30.7 Å². The molecule has 0 saturated heterocycles. The van der Waals surface area contributed by atoms with Gasteiger partial charge in [-0.1, -0.05) is 6.07 Å². The van der Waals surface area contributed by atoms with E-state index in [2.05, 4.69) is 20.1 Å². The van der Waals surface area contributed by atoms with E-state index in [0.717, 1.165) is 17.1 Å². The van der Waals surface area contributed by atoms with Crippen LogP contribution in [0, 0.1) is 6.92 Å². The number of pyridine rings is 1. The van der Waals surface area contributed by atoms with Gasteiger partial charge in [0, 0.05) is 23.9 Å². The Labute approximate surface area is 85.8 Å². The highest BCUT2D eigenvalue weighted by molar-refractivity contribution is 5.60. The number of fused-ring (bicyclic) bond motifs is 1. The van der Waals surface area contributed by atoms with Gasteiger partial charge in [0.05, 0.1) is 11.5 Å². The van der Waals surface area contributed by atoms with E-state index in [1.165, 1.54) is 6.33 Å². The molecular weight excluding hydrogens is 190 g/mol. The van der Waals surface area contributed by atoms with Crippen molar-refractivity contribution in [2.45, 2.75) is 6.92 Å². The third-order valence-electron chi connectivity index (χ3n) is 2.31. The molecule has 74 valence electrons. The van der Waals surface area contributed by atoms with Gasteiger partial charge in [0.15, 0.2) is 0 Å². The smallest absolute Gasteiger partial charge is 0.0848 e. The van der Waals surface area contributed by atoms with E-state index in [4.69, 9.17) is 0 Å². The molecule has 3 heterocycles. The van der Waals surface area contributed by atoms with Crippen molar-refractivity contribution in [2.24, 2.45) is 0 Å². The normalized spacial score (nSPS) is 11.0. The summed E-state index contributed by atoms with van der Waals surface area (Å²) >= 11 is 0. The summed E-state index contributed by atoms with van der Waals surface area (Å²) in [6.07, 6.45) is 3.25. The highest BCUT2D eigenvalue weighted by Crippen LogP contribution is 2.19. The van der Waals surface area contributed by atoms with Crippen molar-refractivity contribution in [1.82, 2.24) is 24.6 Å². The van der Waals surface area contributed by atoms with Gasteiger partial charge in [-0.2, -0.15) is 0 Å². The Hall–Kier alpha value is -2.17. The Kier molecular flexibility index (Phi) is 1.58. The maximum atomic E-state index is 4.37. The second kappa shape index (κ2) is 2.91. The summed E-state index contributed by atoms with van der Waals surface area (Å²) < 4.78 is 1.71. The van der Waals surface area contributed by atoms with Crippen LogP contribution in [0.4, 0.5) is 0 Å². The van der Waals surface area contributed by atoms with Gasteiger partial charge in [-0.05, 0) is 19.1 Å². The number of nitrogens with zero attached hydrogens (tertiary/aromatic N) is 5. The molecule has 0 aliphatic carbocycles. The zero-order valence-corrected chi connectivity index (χ0v) is 8.12. The third-order valence-corrected chi connectivity index (χ3v) is 2.31. The van der Waals surface area contributed by atoms with E-state index in [9.17, 15) is 0 Å². The summed E-state index contributed by atoms with van der Waals surface area (Å²) in [5.41, 5.74) is 2.65. The van der Waals surface area contributed by atoms with E-state index in [-0.39, 0.29) is 0 Å². The minimum atomic E-state index is 0.619. The molecule has 0 fully saturated rings. The van der Waals surface area contributed by atoms with Crippen LogP contribution in [0.2, 0.25) is 0 Å². The molecule has 0 aromatic carbocycles.